The van der Waals surface area contributed by atoms with Crippen molar-refractivity contribution < 1.29 is 5.11 Å². The van der Waals surface area contributed by atoms with E-state index in [2.05, 4.69) is 26.1 Å². The van der Waals surface area contributed by atoms with Crippen molar-refractivity contribution in [2.24, 2.45) is 17.3 Å². The Hall–Kier alpha value is -0.0800. The van der Waals surface area contributed by atoms with Crippen molar-refractivity contribution in [3.63, 3.8) is 0 Å². The van der Waals surface area contributed by atoms with Gasteiger partial charge in [-0.05, 0) is 36.5 Å². The van der Waals surface area contributed by atoms with Crippen LogP contribution in [0.15, 0.2) is 0 Å². The van der Waals surface area contributed by atoms with E-state index in [9.17, 15) is 5.11 Å². The minimum absolute atomic E-state index is 0.00458. The molecule has 2 N–H and O–H groups in total. The lowest BCUT2D eigenvalue weighted by atomic mass is 9.88. The van der Waals surface area contributed by atoms with Crippen LogP contribution in [0, 0.1) is 17.3 Å². The van der Waals surface area contributed by atoms with Crippen molar-refractivity contribution in [3.8, 4) is 0 Å². The lowest BCUT2D eigenvalue weighted by molar-refractivity contribution is 0.0584. The van der Waals surface area contributed by atoms with Crippen LogP contribution in [0.25, 0.3) is 0 Å². The van der Waals surface area contributed by atoms with Gasteiger partial charge in [0.1, 0.15) is 0 Å². The quantitative estimate of drug-likeness (QED) is 0.750. The van der Waals surface area contributed by atoms with Crippen LogP contribution in [-0.4, -0.2) is 23.8 Å². The Labute approximate surface area is 93.5 Å². The molecule has 2 nitrogen and oxygen atoms in total. The Morgan fingerprint density at radius 2 is 2.00 bits per heavy atom. The number of hydrogen-bond donors (Lipinski definition) is 2. The van der Waals surface area contributed by atoms with E-state index in [0.717, 1.165) is 18.4 Å². The molecule has 2 saturated carbocycles. The van der Waals surface area contributed by atoms with E-state index >= 15 is 0 Å². The molecule has 0 aromatic heterocycles. The molecule has 0 radical (unpaired) electrons. The van der Waals surface area contributed by atoms with Crippen LogP contribution in [-0.2, 0) is 0 Å². The van der Waals surface area contributed by atoms with Gasteiger partial charge in [0.05, 0.1) is 6.10 Å². The summed E-state index contributed by atoms with van der Waals surface area (Å²) >= 11 is 0. The van der Waals surface area contributed by atoms with Crippen molar-refractivity contribution in [1.29, 1.82) is 0 Å². The highest BCUT2D eigenvalue weighted by Gasteiger charge is 2.39. The van der Waals surface area contributed by atoms with Gasteiger partial charge in [-0.15, -0.1) is 0 Å². The summed E-state index contributed by atoms with van der Waals surface area (Å²) in [7, 11) is 0. The van der Waals surface area contributed by atoms with Crippen LogP contribution in [0.4, 0.5) is 0 Å². The molecule has 0 aromatic carbocycles. The fourth-order valence-corrected chi connectivity index (χ4v) is 3.06. The molecule has 4 unspecified atom stereocenters. The highest BCUT2D eigenvalue weighted by Crippen LogP contribution is 2.44. The molecule has 0 saturated heterocycles. The molecule has 0 aliphatic heterocycles. The van der Waals surface area contributed by atoms with E-state index in [0.29, 0.717) is 6.04 Å². The molecule has 0 aromatic rings. The third-order valence-electron chi connectivity index (χ3n) is 4.31. The maximum absolute atomic E-state index is 9.95. The first kappa shape index (κ1) is 11.4. The zero-order valence-electron chi connectivity index (χ0n) is 10.3. The Morgan fingerprint density at radius 3 is 2.47 bits per heavy atom. The van der Waals surface area contributed by atoms with E-state index in [1.165, 1.54) is 25.7 Å². The number of aliphatic hydroxyl groups is 1. The van der Waals surface area contributed by atoms with Crippen LogP contribution in [0.5, 0.6) is 0 Å². The Kier molecular flexibility index (Phi) is 3.09. The minimum atomic E-state index is -0.225. The smallest absolute Gasteiger partial charge is 0.0712 e. The number of hydrogen-bond acceptors (Lipinski definition) is 2. The van der Waals surface area contributed by atoms with Crippen molar-refractivity contribution in [1.82, 2.24) is 5.32 Å². The predicted molar refractivity (Wildman–Crippen MR) is 62.7 cm³/mol. The third kappa shape index (κ3) is 2.54. The zero-order valence-corrected chi connectivity index (χ0v) is 10.3. The number of fused-ring (bicyclic) bond motifs is 2. The molecule has 2 heteroatoms. The van der Waals surface area contributed by atoms with E-state index in [1.807, 2.05) is 0 Å². The summed E-state index contributed by atoms with van der Waals surface area (Å²) in [4.78, 5) is 0. The van der Waals surface area contributed by atoms with Gasteiger partial charge in [0.2, 0.25) is 0 Å². The van der Waals surface area contributed by atoms with Crippen LogP contribution < -0.4 is 5.32 Å². The summed E-state index contributed by atoms with van der Waals surface area (Å²) in [6, 6.07) is 0.695. The highest BCUT2D eigenvalue weighted by atomic mass is 16.3. The molecule has 15 heavy (non-hydrogen) atoms. The standard InChI is InChI=1S/C13H25NO/c1-13(2,3)12(15)8-14-11-7-9-4-5-10(11)6-9/h9-12,14-15H,4-8H2,1-3H3. The summed E-state index contributed by atoms with van der Waals surface area (Å²) in [5, 5.41) is 13.5. The van der Waals surface area contributed by atoms with Crippen LogP contribution in [0.3, 0.4) is 0 Å². The van der Waals surface area contributed by atoms with Gasteiger partial charge in [0.15, 0.2) is 0 Å². The van der Waals surface area contributed by atoms with Gasteiger partial charge in [0.25, 0.3) is 0 Å². The molecule has 4 atom stereocenters. The second kappa shape index (κ2) is 4.06. The van der Waals surface area contributed by atoms with Crippen LogP contribution in [0.1, 0.15) is 46.5 Å². The number of aliphatic hydroxyl groups excluding tert-OH is 1. The first-order valence-corrected chi connectivity index (χ1v) is 6.38. The SMILES string of the molecule is CC(C)(C)C(O)CNC1CC2CCC1C2. The lowest BCUT2D eigenvalue weighted by Gasteiger charge is -2.30. The Morgan fingerprint density at radius 1 is 1.27 bits per heavy atom. The summed E-state index contributed by atoms with van der Waals surface area (Å²) < 4.78 is 0. The fraction of sp³-hybridized carbons (Fsp3) is 1.00. The molecule has 0 amide bonds. The molecular weight excluding hydrogens is 186 g/mol. The average Bonchev–Trinajstić information content (AvgIpc) is 2.73. The molecule has 88 valence electrons. The second-order valence-corrected chi connectivity index (χ2v) is 6.57. The Balaban J connectivity index is 1.75. The summed E-state index contributed by atoms with van der Waals surface area (Å²) in [6.07, 6.45) is 5.42. The molecule has 2 aliphatic rings. The molecule has 2 bridgehead atoms. The van der Waals surface area contributed by atoms with E-state index < -0.39 is 0 Å². The second-order valence-electron chi connectivity index (χ2n) is 6.57. The number of nitrogens with one attached hydrogen (secondary N) is 1. The van der Waals surface area contributed by atoms with Crippen molar-refractivity contribution in [3.05, 3.63) is 0 Å². The van der Waals surface area contributed by atoms with Gasteiger partial charge in [0, 0.05) is 12.6 Å². The minimum Gasteiger partial charge on any atom is -0.391 e. The lowest BCUT2D eigenvalue weighted by Crippen LogP contribution is -2.43. The number of rotatable bonds is 3. The van der Waals surface area contributed by atoms with Crippen LogP contribution >= 0.6 is 0 Å². The topological polar surface area (TPSA) is 32.3 Å². The average molecular weight is 211 g/mol. The molecular formula is C13H25NO. The maximum Gasteiger partial charge on any atom is 0.0712 e. The summed E-state index contributed by atoms with van der Waals surface area (Å²) in [6.45, 7) is 7.05. The highest BCUT2D eigenvalue weighted by molar-refractivity contribution is 4.94. The van der Waals surface area contributed by atoms with Gasteiger partial charge in [-0.2, -0.15) is 0 Å². The van der Waals surface area contributed by atoms with Crippen molar-refractivity contribution in [2.75, 3.05) is 6.54 Å². The van der Waals surface area contributed by atoms with Gasteiger partial charge < -0.3 is 10.4 Å². The largest absolute Gasteiger partial charge is 0.391 e. The molecule has 2 aliphatic carbocycles. The summed E-state index contributed by atoms with van der Waals surface area (Å²) in [5.74, 6) is 1.89. The first-order valence-electron chi connectivity index (χ1n) is 6.38. The normalized spacial score (nSPS) is 37.2. The molecule has 2 fully saturated rings. The summed E-state index contributed by atoms with van der Waals surface area (Å²) in [5.41, 5.74) is 0.00458. The first-order chi connectivity index (χ1) is 6.97. The predicted octanol–water partition coefficient (Wildman–Crippen LogP) is 2.17. The van der Waals surface area contributed by atoms with Crippen molar-refractivity contribution >= 4 is 0 Å². The van der Waals surface area contributed by atoms with Crippen molar-refractivity contribution in [2.45, 2.75) is 58.6 Å². The van der Waals surface area contributed by atoms with E-state index in [1.54, 1.807) is 0 Å². The van der Waals surface area contributed by atoms with Gasteiger partial charge in [-0.3, -0.25) is 0 Å². The third-order valence-corrected chi connectivity index (χ3v) is 4.31. The molecule has 0 spiro atoms. The fourth-order valence-electron chi connectivity index (χ4n) is 3.06. The van der Waals surface area contributed by atoms with Gasteiger partial charge in [-0.25, -0.2) is 0 Å². The zero-order chi connectivity index (χ0) is 11.1. The van der Waals surface area contributed by atoms with Crippen LogP contribution in [0.2, 0.25) is 0 Å². The monoisotopic (exact) mass is 211 g/mol. The molecule has 0 heterocycles. The molecule has 2 rings (SSSR count). The van der Waals surface area contributed by atoms with E-state index in [-0.39, 0.29) is 11.5 Å². The maximum atomic E-state index is 9.95. The van der Waals surface area contributed by atoms with Gasteiger partial charge >= 0.3 is 0 Å². The Bertz CT molecular complexity index is 221. The van der Waals surface area contributed by atoms with E-state index in [4.69, 9.17) is 0 Å². The van der Waals surface area contributed by atoms with Gasteiger partial charge in [-0.1, -0.05) is 27.2 Å².